The quantitative estimate of drug-likeness (QED) is 0.356. The molecule has 2 aliphatic rings. The summed E-state index contributed by atoms with van der Waals surface area (Å²) in [5.74, 6) is -0.686. The first-order valence-electron chi connectivity index (χ1n) is 10.4. The highest BCUT2D eigenvalue weighted by Gasteiger charge is 2.46. The smallest absolute Gasteiger partial charge is 0.295 e. The van der Waals surface area contributed by atoms with Gasteiger partial charge in [-0.25, -0.2) is 0 Å². The molecule has 1 amide bonds. The Morgan fingerprint density at radius 1 is 1.00 bits per heavy atom. The van der Waals surface area contributed by atoms with E-state index in [1.807, 2.05) is 0 Å². The normalized spacial score (nSPS) is 19.1. The number of Topliss-reactive ketones (excluding diaryl/α,β-unsaturated/α-hetero) is 1. The lowest BCUT2D eigenvalue weighted by Gasteiger charge is -2.25. The van der Waals surface area contributed by atoms with Gasteiger partial charge in [0.25, 0.3) is 11.7 Å². The number of aliphatic hydroxyl groups excluding tert-OH is 1. The highest BCUT2D eigenvalue weighted by molar-refractivity contribution is 6.46. The maximum Gasteiger partial charge on any atom is 0.295 e. The van der Waals surface area contributed by atoms with E-state index in [2.05, 4.69) is 4.98 Å². The van der Waals surface area contributed by atoms with Gasteiger partial charge in [-0.2, -0.15) is 0 Å². The van der Waals surface area contributed by atoms with Crippen molar-refractivity contribution in [3.8, 4) is 11.5 Å². The minimum Gasteiger partial charge on any atom is -0.507 e. The molecule has 0 saturated carbocycles. The average molecular weight is 463 g/mol. The van der Waals surface area contributed by atoms with E-state index in [0.717, 1.165) is 5.56 Å². The highest BCUT2D eigenvalue weighted by Crippen LogP contribution is 2.42. The van der Waals surface area contributed by atoms with Crippen LogP contribution in [-0.4, -0.2) is 39.9 Å². The fourth-order valence-corrected chi connectivity index (χ4v) is 4.19. The molecule has 8 heteroatoms. The SMILES string of the molecule is O=C1C(=O)N(Cc2ccncc2)C(c2ccc(Cl)cc2)/C1=C(\O)c1ccc2c(c1)OCCO2. The van der Waals surface area contributed by atoms with Gasteiger partial charge in [0, 0.05) is 29.5 Å². The molecule has 3 heterocycles. The summed E-state index contributed by atoms with van der Waals surface area (Å²) in [6.07, 6.45) is 3.25. The number of likely N-dealkylation sites (tertiary alicyclic amines) is 1. The van der Waals surface area contributed by atoms with Gasteiger partial charge < -0.3 is 19.5 Å². The predicted molar refractivity (Wildman–Crippen MR) is 121 cm³/mol. The second-order valence-electron chi connectivity index (χ2n) is 7.69. The van der Waals surface area contributed by atoms with Gasteiger partial charge in [0.1, 0.15) is 19.0 Å². The van der Waals surface area contributed by atoms with Crippen molar-refractivity contribution >= 4 is 29.1 Å². The third kappa shape index (κ3) is 3.91. The number of fused-ring (bicyclic) bond motifs is 1. The van der Waals surface area contributed by atoms with Crippen LogP contribution in [-0.2, 0) is 16.1 Å². The van der Waals surface area contributed by atoms with Crippen LogP contribution < -0.4 is 9.47 Å². The number of aliphatic hydroxyl groups is 1. The Bertz CT molecular complexity index is 1260. The summed E-state index contributed by atoms with van der Waals surface area (Å²) in [5.41, 5.74) is 1.84. The van der Waals surface area contributed by atoms with Crippen molar-refractivity contribution < 1.29 is 24.2 Å². The van der Waals surface area contributed by atoms with Gasteiger partial charge in [0.05, 0.1) is 11.6 Å². The molecular weight excluding hydrogens is 444 g/mol. The van der Waals surface area contributed by atoms with Gasteiger partial charge in [-0.3, -0.25) is 14.6 Å². The lowest BCUT2D eigenvalue weighted by molar-refractivity contribution is -0.140. The first kappa shape index (κ1) is 21.0. The molecule has 7 nitrogen and oxygen atoms in total. The Morgan fingerprint density at radius 2 is 1.70 bits per heavy atom. The van der Waals surface area contributed by atoms with E-state index < -0.39 is 17.7 Å². The number of nitrogens with zero attached hydrogens (tertiary/aromatic N) is 2. The first-order chi connectivity index (χ1) is 16.0. The second-order valence-corrected chi connectivity index (χ2v) is 8.13. The molecule has 1 atom stereocenters. The Hall–Kier alpha value is -3.84. The maximum absolute atomic E-state index is 13.2. The summed E-state index contributed by atoms with van der Waals surface area (Å²) in [7, 11) is 0. The number of halogens is 1. The van der Waals surface area contributed by atoms with E-state index in [-0.39, 0.29) is 17.9 Å². The van der Waals surface area contributed by atoms with Crippen molar-refractivity contribution in [1.82, 2.24) is 9.88 Å². The summed E-state index contributed by atoms with van der Waals surface area (Å²) in [5, 5.41) is 11.8. The van der Waals surface area contributed by atoms with E-state index in [1.165, 1.54) is 4.90 Å². The number of amides is 1. The van der Waals surface area contributed by atoms with Crippen LogP contribution in [0.2, 0.25) is 5.02 Å². The molecule has 2 aliphatic heterocycles. The lowest BCUT2D eigenvalue weighted by Crippen LogP contribution is -2.29. The van der Waals surface area contributed by atoms with Gasteiger partial charge in [-0.1, -0.05) is 23.7 Å². The summed E-state index contributed by atoms with van der Waals surface area (Å²) in [4.78, 5) is 31.7. The number of hydrogen-bond donors (Lipinski definition) is 1. The number of ketones is 1. The number of aromatic nitrogens is 1. The average Bonchev–Trinajstić information content (AvgIpc) is 3.09. The molecule has 1 unspecified atom stereocenters. The summed E-state index contributed by atoms with van der Waals surface area (Å²) >= 11 is 6.06. The Labute approximate surface area is 194 Å². The van der Waals surface area contributed by atoms with E-state index in [1.54, 1.807) is 67.0 Å². The zero-order valence-electron chi connectivity index (χ0n) is 17.4. The molecule has 1 aromatic heterocycles. The fourth-order valence-electron chi connectivity index (χ4n) is 4.07. The van der Waals surface area contributed by atoms with E-state index in [9.17, 15) is 14.7 Å². The molecule has 0 radical (unpaired) electrons. The number of pyridine rings is 1. The minimum atomic E-state index is -0.788. The van der Waals surface area contributed by atoms with Crippen molar-refractivity contribution in [2.45, 2.75) is 12.6 Å². The number of rotatable bonds is 4. The molecule has 33 heavy (non-hydrogen) atoms. The molecule has 1 saturated heterocycles. The molecule has 2 aromatic carbocycles. The molecule has 0 spiro atoms. The van der Waals surface area contributed by atoms with E-state index in [4.69, 9.17) is 21.1 Å². The lowest BCUT2D eigenvalue weighted by atomic mass is 9.95. The fraction of sp³-hybridized carbons (Fsp3) is 0.160. The molecule has 166 valence electrons. The van der Waals surface area contributed by atoms with Crippen molar-refractivity contribution in [3.05, 3.63) is 94.3 Å². The summed E-state index contributed by atoms with van der Waals surface area (Å²) in [6.45, 7) is 1.01. The van der Waals surface area contributed by atoms with Crippen LogP contribution in [0, 0.1) is 0 Å². The second kappa shape index (κ2) is 8.60. The Kier molecular flexibility index (Phi) is 5.48. The van der Waals surface area contributed by atoms with Crippen molar-refractivity contribution in [3.63, 3.8) is 0 Å². The van der Waals surface area contributed by atoms with E-state index >= 15 is 0 Å². The number of ether oxygens (including phenoxy) is 2. The molecule has 0 bridgehead atoms. The van der Waals surface area contributed by atoms with Crippen LogP contribution >= 0.6 is 11.6 Å². The zero-order valence-corrected chi connectivity index (χ0v) is 18.2. The monoisotopic (exact) mass is 462 g/mol. The largest absolute Gasteiger partial charge is 0.507 e. The first-order valence-corrected chi connectivity index (χ1v) is 10.7. The Balaban J connectivity index is 1.63. The van der Waals surface area contributed by atoms with Crippen LogP contribution in [0.4, 0.5) is 0 Å². The predicted octanol–water partition coefficient (Wildman–Crippen LogP) is 4.13. The van der Waals surface area contributed by atoms with Gasteiger partial charge in [0.15, 0.2) is 11.5 Å². The van der Waals surface area contributed by atoms with E-state index in [0.29, 0.717) is 40.9 Å². The number of hydrogen-bond acceptors (Lipinski definition) is 6. The summed E-state index contributed by atoms with van der Waals surface area (Å²) in [6, 6.07) is 14.6. The van der Waals surface area contributed by atoms with Crippen molar-refractivity contribution in [2.24, 2.45) is 0 Å². The van der Waals surface area contributed by atoms with Crippen LogP contribution in [0.25, 0.3) is 5.76 Å². The van der Waals surface area contributed by atoms with Crippen LogP contribution in [0.5, 0.6) is 11.5 Å². The number of benzene rings is 2. The van der Waals surface area contributed by atoms with Crippen LogP contribution in [0.15, 0.2) is 72.6 Å². The number of carbonyl (C=O) groups is 2. The number of carbonyl (C=O) groups excluding carboxylic acids is 2. The molecule has 5 rings (SSSR count). The molecular formula is C25H19ClN2O5. The van der Waals surface area contributed by atoms with Gasteiger partial charge in [0.2, 0.25) is 0 Å². The van der Waals surface area contributed by atoms with Gasteiger partial charge in [-0.05, 0) is 53.6 Å². The third-order valence-electron chi connectivity index (χ3n) is 5.64. The topological polar surface area (TPSA) is 89.0 Å². The molecule has 0 aliphatic carbocycles. The molecule has 1 fully saturated rings. The maximum atomic E-state index is 13.2. The minimum absolute atomic E-state index is 0.00746. The highest BCUT2D eigenvalue weighted by atomic mass is 35.5. The van der Waals surface area contributed by atoms with Gasteiger partial charge >= 0.3 is 0 Å². The van der Waals surface area contributed by atoms with Crippen LogP contribution in [0.3, 0.4) is 0 Å². The molecule has 3 aromatic rings. The van der Waals surface area contributed by atoms with Crippen molar-refractivity contribution in [1.29, 1.82) is 0 Å². The standard InChI is InChI=1S/C25H19ClN2O5/c26-18-4-1-16(2-5-18)22-21(23(29)17-3-6-19-20(13-17)33-12-11-32-19)24(30)25(31)28(22)14-15-7-9-27-10-8-15/h1-10,13,22,29H,11-12,14H2/b23-21+. The zero-order chi connectivity index (χ0) is 22.9. The summed E-state index contributed by atoms with van der Waals surface area (Å²) < 4.78 is 11.1. The van der Waals surface area contributed by atoms with Crippen LogP contribution in [0.1, 0.15) is 22.7 Å². The molecule has 1 N–H and O–H groups in total. The van der Waals surface area contributed by atoms with Gasteiger partial charge in [-0.15, -0.1) is 0 Å². The van der Waals surface area contributed by atoms with Crippen molar-refractivity contribution in [2.75, 3.05) is 13.2 Å². The third-order valence-corrected chi connectivity index (χ3v) is 5.90. The Morgan fingerprint density at radius 3 is 2.42 bits per heavy atom.